The maximum Gasteiger partial charge on any atom is 0.275 e. The molecule has 2 aromatic carbocycles. The highest BCUT2D eigenvalue weighted by Gasteiger charge is 2.42. The highest BCUT2D eigenvalue weighted by Crippen LogP contribution is 2.36. The highest BCUT2D eigenvalue weighted by molar-refractivity contribution is 7.13. The monoisotopic (exact) mass is 453 g/mol. The van der Waals surface area contributed by atoms with Gasteiger partial charge in [-0.25, -0.2) is 4.98 Å². The fourth-order valence-corrected chi connectivity index (χ4v) is 4.67. The van der Waals surface area contributed by atoms with Crippen LogP contribution < -0.4 is 10.6 Å². The minimum absolute atomic E-state index is 0.237. The molecule has 31 heavy (non-hydrogen) atoms. The number of carbonyl (C=O) groups is 3. The Hall–Kier alpha value is -3.03. The molecule has 1 atom stereocenters. The second kappa shape index (κ2) is 8.61. The van der Waals surface area contributed by atoms with Gasteiger partial charge in [-0.05, 0) is 42.7 Å². The summed E-state index contributed by atoms with van der Waals surface area (Å²) in [5.74, 6) is -0.810. The zero-order chi connectivity index (χ0) is 22.0. The maximum atomic E-state index is 12.6. The quantitative estimate of drug-likeness (QED) is 0.543. The minimum atomic E-state index is -0.723. The molecule has 2 N–H and O–H groups in total. The first-order chi connectivity index (χ1) is 14.9. The molecule has 1 saturated heterocycles. The number of hydrogen-bond donors (Lipinski definition) is 2. The third-order valence-electron chi connectivity index (χ3n) is 5.59. The smallest absolute Gasteiger partial charge is 0.275 e. The van der Waals surface area contributed by atoms with Crippen molar-refractivity contribution in [3.8, 4) is 10.6 Å². The van der Waals surface area contributed by atoms with E-state index in [-0.39, 0.29) is 17.7 Å². The van der Waals surface area contributed by atoms with Gasteiger partial charge in [-0.2, -0.15) is 0 Å². The van der Waals surface area contributed by atoms with Gasteiger partial charge in [0.05, 0.1) is 5.41 Å². The van der Waals surface area contributed by atoms with Crippen LogP contribution in [-0.4, -0.2) is 22.7 Å². The Balaban J connectivity index is 1.48. The largest absolute Gasteiger partial charge is 0.321 e. The summed E-state index contributed by atoms with van der Waals surface area (Å²) in [5, 5.41) is 8.38. The number of nitrogens with one attached hydrogen (secondary N) is 2. The van der Waals surface area contributed by atoms with Crippen LogP contribution in [0.4, 0.5) is 5.69 Å². The van der Waals surface area contributed by atoms with Crippen LogP contribution in [0.3, 0.4) is 0 Å². The van der Waals surface area contributed by atoms with E-state index in [0.29, 0.717) is 35.7 Å². The highest BCUT2D eigenvalue weighted by atomic mass is 35.5. The lowest BCUT2D eigenvalue weighted by Gasteiger charge is -2.35. The molecule has 1 aromatic heterocycles. The summed E-state index contributed by atoms with van der Waals surface area (Å²) in [6, 6.07) is 14.5. The van der Waals surface area contributed by atoms with Crippen LogP contribution in [0.15, 0.2) is 53.9 Å². The average molecular weight is 454 g/mol. The van der Waals surface area contributed by atoms with Gasteiger partial charge in [-0.3, -0.25) is 19.7 Å². The molecule has 0 spiro atoms. The molecule has 158 valence electrons. The fraction of sp³-hybridized carbons (Fsp3) is 0.217. The van der Waals surface area contributed by atoms with Gasteiger partial charge in [-0.1, -0.05) is 42.8 Å². The molecular formula is C23H20ClN3O3S. The van der Waals surface area contributed by atoms with E-state index in [2.05, 4.69) is 15.6 Å². The SMILES string of the molecule is CCC1(c2ccc(NC(=O)c3csc(-c4ccc(Cl)cc4)n3)cc2)CCC(=O)NC1=O. The van der Waals surface area contributed by atoms with Crippen LogP contribution in [0.5, 0.6) is 0 Å². The number of imide groups is 1. The molecule has 4 rings (SSSR count). The first-order valence-electron chi connectivity index (χ1n) is 9.89. The molecule has 0 bridgehead atoms. The molecule has 0 aliphatic carbocycles. The number of halogens is 1. The fourth-order valence-electron chi connectivity index (χ4n) is 3.74. The van der Waals surface area contributed by atoms with Crippen molar-refractivity contribution < 1.29 is 14.4 Å². The van der Waals surface area contributed by atoms with E-state index >= 15 is 0 Å². The van der Waals surface area contributed by atoms with Crippen molar-refractivity contribution in [2.75, 3.05) is 5.32 Å². The topological polar surface area (TPSA) is 88.2 Å². The number of benzene rings is 2. The third-order valence-corrected chi connectivity index (χ3v) is 6.74. The van der Waals surface area contributed by atoms with Gasteiger partial charge >= 0.3 is 0 Å². The van der Waals surface area contributed by atoms with Crippen molar-refractivity contribution in [3.05, 3.63) is 70.2 Å². The van der Waals surface area contributed by atoms with Gasteiger partial charge in [0.2, 0.25) is 11.8 Å². The van der Waals surface area contributed by atoms with Crippen LogP contribution in [0, 0.1) is 0 Å². The maximum absolute atomic E-state index is 12.6. The average Bonchev–Trinajstić information content (AvgIpc) is 3.26. The van der Waals surface area contributed by atoms with Crippen LogP contribution in [-0.2, 0) is 15.0 Å². The van der Waals surface area contributed by atoms with Crippen LogP contribution in [0.1, 0.15) is 42.2 Å². The first-order valence-corrected chi connectivity index (χ1v) is 11.1. The van der Waals surface area contributed by atoms with Crippen LogP contribution >= 0.6 is 22.9 Å². The van der Waals surface area contributed by atoms with Crippen molar-refractivity contribution in [2.24, 2.45) is 0 Å². The summed E-state index contributed by atoms with van der Waals surface area (Å²) in [7, 11) is 0. The lowest BCUT2D eigenvalue weighted by atomic mass is 9.72. The summed E-state index contributed by atoms with van der Waals surface area (Å²) in [6.07, 6.45) is 1.38. The number of carbonyl (C=O) groups excluding carboxylic acids is 3. The standard InChI is InChI=1S/C23H20ClN3O3S/c1-2-23(12-11-19(28)27-22(23)30)15-5-9-17(10-6-15)25-20(29)18-13-31-21(26-18)14-3-7-16(24)8-4-14/h3-10,13H,2,11-12H2,1H3,(H,25,29)(H,27,28,30). The van der Waals surface area contributed by atoms with Crippen molar-refractivity contribution in [1.82, 2.24) is 10.3 Å². The molecular weight excluding hydrogens is 434 g/mol. The zero-order valence-corrected chi connectivity index (χ0v) is 18.3. The molecule has 1 aliphatic heterocycles. The van der Waals surface area contributed by atoms with E-state index in [1.807, 2.05) is 31.2 Å². The van der Waals surface area contributed by atoms with Crippen molar-refractivity contribution in [1.29, 1.82) is 0 Å². The number of piperidine rings is 1. The number of anilines is 1. The molecule has 3 aromatic rings. The molecule has 6 nitrogen and oxygen atoms in total. The molecule has 1 unspecified atom stereocenters. The minimum Gasteiger partial charge on any atom is -0.321 e. The lowest BCUT2D eigenvalue weighted by Crippen LogP contribution is -2.51. The molecule has 8 heteroatoms. The predicted octanol–water partition coefficient (Wildman–Crippen LogP) is 4.80. The van der Waals surface area contributed by atoms with E-state index in [1.165, 1.54) is 11.3 Å². The summed E-state index contributed by atoms with van der Waals surface area (Å²) >= 11 is 7.30. The number of hydrogen-bond acceptors (Lipinski definition) is 5. The Labute approximate surface area is 188 Å². The van der Waals surface area contributed by atoms with Gasteiger partial charge in [0, 0.05) is 28.1 Å². The van der Waals surface area contributed by atoms with Gasteiger partial charge in [0.25, 0.3) is 5.91 Å². The predicted molar refractivity (Wildman–Crippen MR) is 121 cm³/mol. The van der Waals surface area contributed by atoms with E-state index in [4.69, 9.17) is 11.6 Å². The summed E-state index contributed by atoms with van der Waals surface area (Å²) in [5.41, 5.74) is 1.94. The second-order valence-corrected chi connectivity index (χ2v) is 8.68. The van der Waals surface area contributed by atoms with Crippen LogP contribution in [0.25, 0.3) is 10.6 Å². The van der Waals surface area contributed by atoms with Gasteiger partial charge in [0.15, 0.2) is 0 Å². The van der Waals surface area contributed by atoms with Gasteiger partial charge in [-0.15, -0.1) is 11.3 Å². The molecule has 0 radical (unpaired) electrons. The van der Waals surface area contributed by atoms with Crippen molar-refractivity contribution >= 4 is 46.3 Å². The number of aromatic nitrogens is 1. The summed E-state index contributed by atoms with van der Waals surface area (Å²) in [6.45, 7) is 1.94. The Morgan fingerprint density at radius 1 is 1.16 bits per heavy atom. The Bertz CT molecular complexity index is 1140. The molecule has 1 fully saturated rings. The lowest BCUT2D eigenvalue weighted by molar-refractivity contribution is -0.138. The van der Waals surface area contributed by atoms with Gasteiger partial charge in [0.1, 0.15) is 10.7 Å². The van der Waals surface area contributed by atoms with Gasteiger partial charge < -0.3 is 5.32 Å². The van der Waals surface area contributed by atoms with E-state index in [0.717, 1.165) is 16.1 Å². The normalized spacial score (nSPS) is 18.5. The van der Waals surface area contributed by atoms with Crippen molar-refractivity contribution in [2.45, 2.75) is 31.6 Å². The number of rotatable bonds is 5. The Kier molecular flexibility index (Phi) is 5.89. The van der Waals surface area contributed by atoms with Crippen molar-refractivity contribution in [3.63, 3.8) is 0 Å². The van der Waals surface area contributed by atoms with E-state index in [9.17, 15) is 14.4 Å². The molecule has 3 amide bonds. The Morgan fingerprint density at radius 2 is 1.87 bits per heavy atom. The molecule has 2 heterocycles. The second-order valence-electron chi connectivity index (χ2n) is 7.39. The summed E-state index contributed by atoms with van der Waals surface area (Å²) < 4.78 is 0. The third kappa shape index (κ3) is 4.24. The number of nitrogens with zero attached hydrogens (tertiary/aromatic N) is 1. The number of thiazole rings is 1. The van der Waals surface area contributed by atoms with E-state index < -0.39 is 5.41 Å². The molecule has 0 saturated carbocycles. The Morgan fingerprint density at radius 3 is 2.52 bits per heavy atom. The first kappa shape index (κ1) is 21.2. The molecule has 1 aliphatic rings. The summed E-state index contributed by atoms with van der Waals surface area (Å²) in [4.78, 5) is 41.1. The van der Waals surface area contributed by atoms with Crippen LogP contribution in [0.2, 0.25) is 5.02 Å². The zero-order valence-electron chi connectivity index (χ0n) is 16.8. The van der Waals surface area contributed by atoms with E-state index in [1.54, 1.807) is 29.6 Å². The number of amides is 3.